The lowest BCUT2D eigenvalue weighted by Gasteiger charge is -2.39. The number of unbranched alkanes of at least 4 members (excludes halogenated alkanes) is 25. The molecule has 1 fully saturated rings. The van der Waals surface area contributed by atoms with Crippen LogP contribution in [0, 0.1) is 0 Å². The molecule has 0 amide bonds. The molecule has 0 saturated carbocycles. The van der Waals surface area contributed by atoms with Crippen LogP contribution in [-0.2, 0) is 28.5 Å². The summed E-state index contributed by atoms with van der Waals surface area (Å²) in [5, 5.41) is 40.1. The van der Waals surface area contributed by atoms with Gasteiger partial charge in [-0.2, -0.15) is 0 Å². The number of rotatable bonds is 40. The van der Waals surface area contributed by atoms with Gasteiger partial charge in [0.2, 0.25) is 0 Å². The van der Waals surface area contributed by atoms with Crippen molar-refractivity contribution in [2.75, 3.05) is 19.8 Å². The Morgan fingerprint density at radius 1 is 0.534 bits per heavy atom. The van der Waals surface area contributed by atoms with Crippen molar-refractivity contribution < 1.29 is 49.0 Å². The van der Waals surface area contributed by atoms with E-state index < -0.39 is 49.4 Å². The summed E-state index contributed by atoms with van der Waals surface area (Å²) in [5.41, 5.74) is 0. The topological polar surface area (TPSA) is 152 Å². The van der Waals surface area contributed by atoms with Gasteiger partial charge in [0, 0.05) is 12.8 Å². The van der Waals surface area contributed by atoms with Gasteiger partial charge in [-0.3, -0.25) is 9.59 Å². The number of allylic oxidation sites excluding steroid dienone is 4. The van der Waals surface area contributed by atoms with E-state index in [0.29, 0.717) is 6.42 Å². The van der Waals surface area contributed by atoms with E-state index in [1.165, 1.54) is 128 Å². The Kier molecular flexibility index (Phi) is 36.7. The highest BCUT2D eigenvalue weighted by Crippen LogP contribution is 2.23. The fourth-order valence-electron chi connectivity index (χ4n) is 7.28. The van der Waals surface area contributed by atoms with Crippen molar-refractivity contribution in [1.82, 2.24) is 0 Å². The Balaban J connectivity index is 2.27. The lowest BCUT2D eigenvalue weighted by atomic mass is 9.99. The first-order valence-corrected chi connectivity index (χ1v) is 23.9. The minimum Gasteiger partial charge on any atom is -0.462 e. The van der Waals surface area contributed by atoms with E-state index >= 15 is 0 Å². The Bertz CT molecular complexity index is 1000. The van der Waals surface area contributed by atoms with Gasteiger partial charge in [0.25, 0.3) is 0 Å². The molecule has 6 atom stereocenters. The molecule has 340 valence electrons. The van der Waals surface area contributed by atoms with E-state index in [2.05, 4.69) is 38.2 Å². The van der Waals surface area contributed by atoms with Crippen LogP contribution in [0.5, 0.6) is 0 Å². The summed E-state index contributed by atoms with van der Waals surface area (Å²) in [7, 11) is 0. The molecule has 58 heavy (non-hydrogen) atoms. The van der Waals surface area contributed by atoms with Gasteiger partial charge in [0.1, 0.15) is 31.0 Å². The molecule has 1 rings (SSSR count). The van der Waals surface area contributed by atoms with Gasteiger partial charge >= 0.3 is 11.9 Å². The molecular formula is C48H88O10. The number of esters is 2. The Labute approximate surface area is 353 Å². The maximum Gasteiger partial charge on any atom is 0.306 e. The molecule has 0 aromatic rings. The standard InChI is InChI=1S/C48H88O10/c1-3-5-7-9-11-13-15-17-18-19-20-21-22-23-24-25-27-29-31-33-35-37-44(51)57-41(40-56-48-47(54)46(53)45(52)42(38-49)58-48)39-55-43(50)36-34-32-30-28-26-16-14-12-10-8-6-4-2/h15,17,19-20,41-42,45-49,52-54H,3-14,16,18,21-40H2,1-2H3/b17-15-,20-19-. The number of aliphatic hydroxyl groups is 4. The molecule has 10 heteroatoms. The molecule has 0 bridgehead atoms. The van der Waals surface area contributed by atoms with Crippen molar-refractivity contribution in [3.05, 3.63) is 24.3 Å². The van der Waals surface area contributed by atoms with Gasteiger partial charge < -0.3 is 39.4 Å². The van der Waals surface area contributed by atoms with Crippen molar-refractivity contribution in [3.8, 4) is 0 Å². The maximum absolute atomic E-state index is 12.8. The van der Waals surface area contributed by atoms with Crippen LogP contribution in [0.4, 0.5) is 0 Å². The molecule has 1 heterocycles. The average molecular weight is 825 g/mol. The highest BCUT2D eigenvalue weighted by atomic mass is 16.7. The fraction of sp³-hybridized carbons (Fsp3) is 0.875. The second-order valence-corrected chi connectivity index (χ2v) is 16.6. The number of hydrogen-bond acceptors (Lipinski definition) is 10. The normalized spacial score (nSPS) is 20.3. The van der Waals surface area contributed by atoms with E-state index in [1.807, 2.05) is 0 Å². The highest BCUT2D eigenvalue weighted by molar-refractivity contribution is 5.70. The number of hydrogen-bond donors (Lipinski definition) is 4. The molecule has 6 unspecified atom stereocenters. The van der Waals surface area contributed by atoms with Crippen molar-refractivity contribution in [3.63, 3.8) is 0 Å². The monoisotopic (exact) mass is 825 g/mol. The molecule has 0 radical (unpaired) electrons. The number of aliphatic hydroxyl groups excluding tert-OH is 4. The second kappa shape index (κ2) is 39.3. The van der Waals surface area contributed by atoms with Gasteiger partial charge in [-0.05, 0) is 44.9 Å². The molecule has 10 nitrogen and oxygen atoms in total. The first kappa shape index (κ1) is 54.2. The smallest absolute Gasteiger partial charge is 0.306 e. The third-order valence-corrected chi connectivity index (χ3v) is 11.1. The van der Waals surface area contributed by atoms with Crippen LogP contribution in [0.3, 0.4) is 0 Å². The van der Waals surface area contributed by atoms with Crippen molar-refractivity contribution in [2.45, 2.75) is 250 Å². The Morgan fingerprint density at radius 2 is 0.966 bits per heavy atom. The summed E-state index contributed by atoms with van der Waals surface area (Å²) >= 11 is 0. The Morgan fingerprint density at radius 3 is 1.43 bits per heavy atom. The van der Waals surface area contributed by atoms with E-state index in [4.69, 9.17) is 18.9 Å². The van der Waals surface area contributed by atoms with Gasteiger partial charge in [-0.15, -0.1) is 0 Å². The zero-order chi connectivity index (χ0) is 42.3. The van der Waals surface area contributed by atoms with Gasteiger partial charge in [-0.1, -0.05) is 179 Å². The SMILES string of the molecule is CCCCCCC/C=C\C/C=C\CCCCCCCCCCCC(=O)OC(COC(=O)CCCCCCCCCCCCCC)COC1OC(CO)C(O)C(O)C1O. The lowest BCUT2D eigenvalue weighted by Crippen LogP contribution is -2.59. The van der Waals surface area contributed by atoms with Crippen LogP contribution in [0.25, 0.3) is 0 Å². The largest absolute Gasteiger partial charge is 0.462 e. The predicted molar refractivity (Wildman–Crippen MR) is 233 cm³/mol. The molecule has 0 aliphatic carbocycles. The minimum atomic E-state index is -1.59. The van der Waals surface area contributed by atoms with E-state index in [-0.39, 0.29) is 32.0 Å². The number of carbonyl (C=O) groups is 2. The summed E-state index contributed by atoms with van der Waals surface area (Å²) < 4.78 is 22.2. The molecule has 1 saturated heterocycles. The molecule has 4 N–H and O–H groups in total. The zero-order valence-electron chi connectivity index (χ0n) is 37.1. The summed E-state index contributed by atoms with van der Waals surface area (Å²) in [6.45, 7) is 3.42. The quantitative estimate of drug-likeness (QED) is 0.0267. The maximum atomic E-state index is 12.8. The third-order valence-electron chi connectivity index (χ3n) is 11.1. The molecule has 0 aromatic heterocycles. The van der Waals surface area contributed by atoms with Crippen LogP contribution in [0.2, 0.25) is 0 Å². The molecule has 1 aliphatic heterocycles. The summed E-state index contributed by atoms with van der Waals surface area (Å²) in [6, 6.07) is 0. The minimum absolute atomic E-state index is 0.215. The van der Waals surface area contributed by atoms with Gasteiger partial charge in [0.05, 0.1) is 13.2 Å². The molecule has 1 aliphatic rings. The Hall–Kier alpha value is -1.82. The van der Waals surface area contributed by atoms with Gasteiger partial charge in [0.15, 0.2) is 12.4 Å². The van der Waals surface area contributed by atoms with Crippen LogP contribution in [0.1, 0.15) is 213 Å². The van der Waals surface area contributed by atoms with Crippen molar-refractivity contribution in [1.29, 1.82) is 0 Å². The van der Waals surface area contributed by atoms with Crippen LogP contribution < -0.4 is 0 Å². The van der Waals surface area contributed by atoms with Crippen molar-refractivity contribution >= 4 is 11.9 Å². The second-order valence-electron chi connectivity index (χ2n) is 16.6. The average Bonchev–Trinajstić information content (AvgIpc) is 3.22. The van der Waals surface area contributed by atoms with E-state index in [9.17, 15) is 30.0 Å². The first-order valence-electron chi connectivity index (χ1n) is 23.9. The van der Waals surface area contributed by atoms with Gasteiger partial charge in [-0.25, -0.2) is 0 Å². The summed E-state index contributed by atoms with van der Waals surface area (Å²) in [4.78, 5) is 25.3. The zero-order valence-corrected chi connectivity index (χ0v) is 37.1. The number of carbonyl (C=O) groups excluding carboxylic acids is 2. The van der Waals surface area contributed by atoms with E-state index in [0.717, 1.165) is 51.4 Å². The lowest BCUT2D eigenvalue weighted by molar-refractivity contribution is -0.305. The summed E-state index contributed by atoms with van der Waals surface area (Å²) in [6.07, 6.45) is 36.1. The van der Waals surface area contributed by atoms with Crippen LogP contribution >= 0.6 is 0 Å². The van der Waals surface area contributed by atoms with Crippen molar-refractivity contribution in [2.24, 2.45) is 0 Å². The van der Waals surface area contributed by atoms with E-state index in [1.54, 1.807) is 0 Å². The predicted octanol–water partition coefficient (Wildman–Crippen LogP) is 10.5. The molecule has 0 aromatic carbocycles. The van der Waals surface area contributed by atoms with Crippen LogP contribution in [-0.4, -0.2) is 89.0 Å². The molecule has 0 spiro atoms. The fourth-order valence-corrected chi connectivity index (χ4v) is 7.28. The summed E-state index contributed by atoms with van der Waals surface area (Å²) in [5.74, 6) is -0.804. The molecular weight excluding hydrogens is 737 g/mol. The third kappa shape index (κ3) is 30.2. The number of ether oxygens (including phenoxy) is 4. The highest BCUT2D eigenvalue weighted by Gasteiger charge is 2.44. The van der Waals surface area contributed by atoms with Crippen LogP contribution in [0.15, 0.2) is 24.3 Å². The first-order chi connectivity index (χ1) is 28.3.